The minimum Gasteiger partial charge on any atom is -0.496 e. The van der Waals surface area contributed by atoms with E-state index in [1.54, 1.807) is 7.11 Å². The van der Waals surface area contributed by atoms with E-state index < -0.39 is 0 Å². The van der Waals surface area contributed by atoms with Gasteiger partial charge in [-0.05, 0) is 27.6 Å². The van der Waals surface area contributed by atoms with E-state index in [9.17, 15) is 0 Å². The first-order chi connectivity index (χ1) is 6.20. The Morgan fingerprint density at radius 2 is 2.23 bits per heavy atom. The van der Waals surface area contributed by atoms with E-state index >= 15 is 0 Å². The van der Waals surface area contributed by atoms with Crippen molar-refractivity contribution < 1.29 is 4.74 Å². The molecule has 13 heavy (non-hydrogen) atoms. The smallest absolute Gasteiger partial charge is 0.133 e. The summed E-state index contributed by atoms with van der Waals surface area (Å²) in [7, 11) is 1.62. The van der Waals surface area contributed by atoms with Crippen molar-refractivity contribution in [2.24, 2.45) is 11.5 Å². The molecule has 0 bridgehead atoms. The maximum Gasteiger partial charge on any atom is 0.133 e. The quantitative estimate of drug-likeness (QED) is 0.846. The highest BCUT2D eigenvalue weighted by Crippen LogP contribution is 2.30. The van der Waals surface area contributed by atoms with Crippen molar-refractivity contribution in [1.29, 1.82) is 0 Å². The van der Waals surface area contributed by atoms with Gasteiger partial charge in [0.2, 0.25) is 0 Å². The molecule has 1 atom stereocenters. The Labute approximate surface area is 86.2 Å². The predicted octanol–water partition coefficient (Wildman–Crippen LogP) is 1.42. The summed E-state index contributed by atoms with van der Waals surface area (Å²) in [5.41, 5.74) is 12.3. The number of hydrogen-bond acceptors (Lipinski definition) is 3. The van der Waals surface area contributed by atoms with Crippen LogP contribution in [0.25, 0.3) is 0 Å². The summed E-state index contributed by atoms with van der Waals surface area (Å²) < 4.78 is 6.02. The largest absolute Gasteiger partial charge is 0.496 e. The monoisotopic (exact) mass is 244 g/mol. The zero-order chi connectivity index (χ0) is 9.84. The number of halogens is 1. The molecule has 0 heterocycles. The molecular formula is C9H13BrN2O. The van der Waals surface area contributed by atoms with Crippen LogP contribution in [0, 0.1) is 0 Å². The van der Waals surface area contributed by atoms with Crippen molar-refractivity contribution in [3.05, 3.63) is 28.2 Å². The van der Waals surface area contributed by atoms with Gasteiger partial charge in [-0.1, -0.05) is 12.1 Å². The van der Waals surface area contributed by atoms with E-state index in [0.29, 0.717) is 6.54 Å². The normalized spacial score (nSPS) is 12.6. The topological polar surface area (TPSA) is 61.3 Å². The fourth-order valence-corrected chi connectivity index (χ4v) is 1.82. The third-order valence-electron chi connectivity index (χ3n) is 1.87. The SMILES string of the molecule is COc1cccc([C@H](N)CN)c1Br. The maximum atomic E-state index is 5.81. The van der Waals surface area contributed by atoms with Crippen LogP contribution in [0.3, 0.4) is 0 Å². The summed E-state index contributed by atoms with van der Waals surface area (Å²) in [4.78, 5) is 0. The molecule has 0 aromatic heterocycles. The molecule has 0 radical (unpaired) electrons. The minimum atomic E-state index is -0.149. The van der Waals surface area contributed by atoms with Gasteiger partial charge >= 0.3 is 0 Å². The van der Waals surface area contributed by atoms with Gasteiger partial charge in [-0.25, -0.2) is 0 Å². The standard InChI is InChI=1S/C9H13BrN2O/c1-13-8-4-2-3-6(9(8)10)7(12)5-11/h2-4,7H,5,11-12H2,1H3/t7-/m1/s1. The van der Waals surface area contributed by atoms with E-state index in [1.807, 2.05) is 18.2 Å². The maximum absolute atomic E-state index is 5.81. The Balaban J connectivity index is 3.08. The van der Waals surface area contributed by atoms with Crippen molar-refractivity contribution in [1.82, 2.24) is 0 Å². The van der Waals surface area contributed by atoms with Crippen LogP contribution in [-0.4, -0.2) is 13.7 Å². The van der Waals surface area contributed by atoms with Crippen LogP contribution < -0.4 is 16.2 Å². The average molecular weight is 245 g/mol. The van der Waals surface area contributed by atoms with Gasteiger partial charge in [0.25, 0.3) is 0 Å². The third kappa shape index (κ3) is 2.21. The van der Waals surface area contributed by atoms with Crippen LogP contribution in [0.1, 0.15) is 11.6 Å². The molecule has 0 aliphatic carbocycles. The van der Waals surface area contributed by atoms with E-state index in [-0.39, 0.29) is 6.04 Å². The molecule has 1 aromatic rings. The van der Waals surface area contributed by atoms with Gasteiger partial charge in [-0.3, -0.25) is 0 Å². The molecule has 0 fully saturated rings. The van der Waals surface area contributed by atoms with Crippen LogP contribution in [0.5, 0.6) is 5.75 Å². The van der Waals surface area contributed by atoms with Crippen LogP contribution in [-0.2, 0) is 0 Å². The highest BCUT2D eigenvalue weighted by Gasteiger charge is 2.10. The molecule has 72 valence electrons. The van der Waals surface area contributed by atoms with Gasteiger partial charge in [0.15, 0.2) is 0 Å². The first kappa shape index (κ1) is 10.5. The number of nitrogens with two attached hydrogens (primary N) is 2. The van der Waals surface area contributed by atoms with Crippen LogP contribution >= 0.6 is 15.9 Å². The lowest BCUT2D eigenvalue weighted by Gasteiger charge is -2.13. The Kier molecular flexibility index (Phi) is 3.71. The first-order valence-electron chi connectivity index (χ1n) is 3.98. The summed E-state index contributed by atoms with van der Waals surface area (Å²) in [6, 6.07) is 5.56. The second-order valence-corrected chi connectivity index (χ2v) is 3.50. The van der Waals surface area contributed by atoms with Crippen LogP contribution in [0.4, 0.5) is 0 Å². The lowest BCUT2D eigenvalue weighted by molar-refractivity contribution is 0.411. The summed E-state index contributed by atoms with van der Waals surface area (Å²) >= 11 is 3.42. The summed E-state index contributed by atoms with van der Waals surface area (Å²) in [6.07, 6.45) is 0. The van der Waals surface area contributed by atoms with Crippen molar-refractivity contribution >= 4 is 15.9 Å². The molecule has 4 N–H and O–H groups in total. The average Bonchev–Trinajstić information content (AvgIpc) is 2.17. The van der Waals surface area contributed by atoms with Gasteiger partial charge < -0.3 is 16.2 Å². The number of ether oxygens (including phenoxy) is 1. The minimum absolute atomic E-state index is 0.149. The van der Waals surface area contributed by atoms with Gasteiger partial charge in [0.05, 0.1) is 11.6 Å². The lowest BCUT2D eigenvalue weighted by Crippen LogP contribution is -2.21. The molecular weight excluding hydrogens is 232 g/mol. The van der Waals surface area contributed by atoms with Crippen molar-refractivity contribution in [2.45, 2.75) is 6.04 Å². The Morgan fingerprint density at radius 1 is 1.54 bits per heavy atom. The lowest BCUT2D eigenvalue weighted by atomic mass is 10.1. The number of benzene rings is 1. The Morgan fingerprint density at radius 3 is 2.77 bits per heavy atom. The molecule has 1 rings (SSSR count). The van der Waals surface area contributed by atoms with Crippen molar-refractivity contribution in [3.63, 3.8) is 0 Å². The highest BCUT2D eigenvalue weighted by atomic mass is 79.9. The van der Waals surface area contributed by atoms with Crippen LogP contribution in [0.2, 0.25) is 0 Å². The van der Waals surface area contributed by atoms with E-state index in [0.717, 1.165) is 15.8 Å². The van der Waals surface area contributed by atoms with Gasteiger partial charge in [0.1, 0.15) is 5.75 Å². The number of hydrogen-bond donors (Lipinski definition) is 2. The second-order valence-electron chi connectivity index (χ2n) is 2.71. The van der Waals surface area contributed by atoms with Crippen molar-refractivity contribution in [2.75, 3.05) is 13.7 Å². The first-order valence-corrected chi connectivity index (χ1v) is 4.78. The summed E-state index contributed by atoms with van der Waals surface area (Å²) in [5, 5.41) is 0. The fraction of sp³-hybridized carbons (Fsp3) is 0.333. The molecule has 0 aliphatic rings. The molecule has 0 saturated heterocycles. The zero-order valence-electron chi connectivity index (χ0n) is 7.46. The molecule has 0 unspecified atom stereocenters. The predicted molar refractivity (Wildman–Crippen MR) is 56.7 cm³/mol. The number of rotatable bonds is 3. The fourth-order valence-electron chi connectivity index (χ4n) is 1.10. The van der Waals surface area contributed by atoms with Crippen LogP contribution in [0.15, 0.2) is 22.7 Å². The molecule has 3 nitrogen and oxygen atoms in total. The molecule has 4 heteroatoms. The van der Waals surface area contributed by atoms with E-state index in [4.69, 9.17) is 16.2 Å². The van der Waals surface area contributed by atoms with E-state index in [2.05, 4.69) is 15.9 Å². The molecule has 0 amide bonds. The van der Waals surface area contributed by atoms with E-state index in [1.165, 1.54) is 0 Å². The van der Waals surface area contributed by atoms with Gasteiger partial charge in [-0.2, -0.15) is 0 Å². The second kappa shape index (κ2) is 4.60. The summed E-state index contributed by atoms with van der Waals surface area (Å²) in [6.45, 7) is 0.422. The number of methoxy groups -OCH3 is 1. The highest BCUT2D eigenvalue weighted by molar-refractivity contribution is 9.10. The molecule has 0 aliphatic heterocycles. The summed E-state index contributed by atoms with van der Waals surface area (Å²) in [5.74, 6) is 0.779. The van der Waals surface area contributed by atoms with Gasteiger partial charge in [0, 0.05) is 12.6 Å². The molecule has 1 aromatic carbocycles. The molecule has 0 spiro atoms. The van der Waals surface area contributed by atoms with Gasteiger partial charge in [-0.15, -0.1) is 0 Å². The van der Waals surface area contributed by atoms with Crippen molar-refractivity contribution in [3.8, 4) is 5.75 Å². The zero-order valence-corrected chi connectivity index (χ0v) is 9.04. The Hall–Kier alpha value is -0.580. The molecule has 0 saturated carbocycles. The third-order valence-corrected chi connectivity index (χ3v) is 2.72. The Bertz CT molecular complexity index is 291.